The highest BCUT2D eigenvalue weighted by molar-refractivity contribution is 7.19. The van der Waals surface area contributed by atoms with Gasteiger partial charge in [0.15, 0.2) is 0 Å². The summed E-state index contributed by atoms with van der Waals surface area (Å²) in [7, 11) is 0. The lowest BCUT2D eigenvalue weighted by Gasteiger charge is -2.04. The van der Waals surface area contributed by atoms with Crippen LogP contribution in [0, 0.1) is 6.92 Å². The van der Waals surface area contributed by atoms with Crippen molar-refractivity contribution in [3.8, 4) is 0 Å². The monoisotopic (exact) mass is 251 g/mol. The predicted molar refractivity (Wildman–Crippen MR) is 66.1 cm³/mol. The fraction of sp³-hybridized carbons (Fsp3) is 0.364. The average molecular weight is 251 g/mol. The Kier molecular flexibility index (Phi) is 3.08. The summed E-state index contributed by atoms with van der Waals surface area (Å²) < 4.78 is 0.712. The molecule has 0 saturated carbocycles. The van der Waals surface area contributed by atoms with E-state index in [0.29, 0.717) is 22.5 Å². The van der Waals surface area contributed by atoms with Gasteiger partial charge in [0.2, 0.25) is 0 Å². The van der Waals surface area contributed by atoms with Crippen LogP contribution in [0.4, 0.5) is 0 Å². The van der Waals surface area contributed by atoms with Gasteiger partial charge in [0, 0.05) is 11.3 Å². The third-order valence-corrected chi connectivity index (χ3v) is 3.30. The largest absolute Gasteiger partial charge is 0.393 e. The smallest absolute Gasteiger partial charge is 0.268 e. The molecule has 3 N–H and O–H groups in total. The van der Waals surface area contributed by atoms with Gasteiger partial charge in [-0.05, 0) is 19.9 Å². The number of rotatable bonds is 3. The molecule has 2 aromatic heterocycles. The second-order valence-electron chi connectivity index (χ2n) is 3.98. The number of nitrogens with two attached hydrogens (primary N) is 1. The lowest BCUT2D eigenvalue weighted by Crippen LogP contribution is -2.16. The minimum atomic E-state index is -0.564. The standard InChI is InChI=1S/C11H13N3O2S/c1-5(15)3-8-13-7-4-6(2)17-10(7)9(14-8)11(12)16/h4-5,15H,3H2,1-2H3,(H2,12,16)/t5-/m0/s1. The topological polar surface area (TPSA) is 89.1 Å². The summed E-state index contributed by atoms with van der Waals surface area (Å²) in [5.41, 5.74) is 6.26. The van der Waals surface area contributed by atoms with Gasteiger partial charge in [-0.25, -0.2) is 9.97 Å². The number of primary amides is 1. The van der Waals surface area contributed by atoms with E-state index in [2.05, 4.69) is 9.97 Å². The van der Waals surface area contributed by atoms with Crippen LogP contribution < -0.4 is 5.73 Å². The van der Waals surface area contributed by atoms with Crippen molar-refractivity contribution in [2.45, 2.75) is 26.4 Å². The molecule has 2 rings (SSSR count). The van der Waals surface area contributed by atoms with Crippen molar-refractivity contribution in [2.75, 3.05) is 0 Å². The van der Waals surface area contributed by atoms with Crippen LogP contribution in [-0.2, 0) is 6.42 Å². The van der Waals surface area contributed by atoms with Gasteiger partial charge in [-0.15, -0.1) is 11.3 Å². The number of nitrogens with zero attached hydrogens (tertiary/aromatic N) is 2. The number of hydrogen-bond donors (Lipinski definition) is 2. The molecule has 0 aliphatic rings. The molecule has 0 saturated heterocycles. The van der Waals surface area contributed by atoms with Crippen LogP contribution in [0.3, 0.4) is 0 Å². The van der Waals surface area contributed by atoms with Crippen LogP contribution in [0.15, 0.2) is 6.07 Å². The van der Waals surface area contributed by atoms with E-state index in [9.17, 15) is 9.90 Å². The molecule has 0 unspecified atom stereocenters. The molecule has 5 nitrogen and oxygen atoms in total. The third kappa shape index (κ3) is 2.42. The molecular weight excluding hydrogens is 238 g/mol. The molecule has 0 spiro atoms. The molecule has 17 heavy (non-hydrogen) atoms. The first kappa shape index (κ1) is 11.9. The second-order valence-corrected chi connectivity index (χ2v) is 5.23. The van der Waals surface area contributed by atoms with Crippen molar-refractivity contribution in [3.63, 3.8) is 0 Å². The fourth-order valence-electron chi connectivity index (χ4n) is 1.62. The van der Waals surface area contributed by atoms with Crippen LogP contribution >= 0.6 is 11.3 Å². The van der Waals surface area contributed by atoms with Crippen molar-refractivity contribution >= 4 is 27.5 Å². The maximum absolute atomic E-state index is 11.3. The van der Waals surface area contributed by atoms with E-state index in [-0.39, 0.29) is 5.69 Å². The van der Waals surface area contributed by atoms with E-state index in [1.807, 2.05) is 13.0 Å². The number of fused-ring (bicyclic) bond motifs is 1. The first-order chi connectivity index (χ1) is 7.97. The molecule has 0 aliphatic heterocycles. The lowest BCUT2D eigenvalue weighted by atomic mass is 10.2. The number of carbonyl (C=O) groups excluding carboxylic acids is 1. The van der Waals surface area contributed by atoms with Gasteiger partial charge in [-0.3, -0.25) is 4.79 Å². The van der Waals surface area contributed by atoms with E-state index in [0.717, 1.165) is 4.88 Å². The number of aryl methyl sites for hydroxylation is 1. The second kappa shape index (κ2) is 4.38. The van der Waals surface area contributed by atoms with E-state index in [4.69, 9.17) is 5.73 Å². The summed E-state index contributed by atoms with van der Waals surface area (Å²) in [4.78, 5) is 20.8. The van der Waals surface area contributed by atoms with Gasteiger partial charge >= 0.3 is 0 Å². The van der Waals surface area contributed by atoms with Crippen molar-refractivity contribution in [3.05, 3.63) is 22.5 Å². The summed E-state index contributed by atoms with van der Waals surface area (Å²) in [6, 6.07) is 1.89. The lowest BCUT2D eigenvalue weighted by molar-refractivity contribution is 0.0996. The minimum absolute atomic E-state index is 0.240. The molecule has 0 radical (unpaired) electrons. The Morgan fingerprint density at radius 3 is 2.88 bits per heavy atom. The number of carbonyl (C=O) groups is 1. The number of aliphatic hydroxyl groups excluding tert-OH is 1. The third-order valence-electron chi connectivity index (χ3n) is 2.25. The maximum Gasteiger partial charge on any atom is 0.268 e. The summed E-state index contributed by atoms with van der Waals surface area (Å²) >= 11 is 1.45. The van der Waals surface area contributed by atoms with Crippen molar-refractivity contribution in [1.29, 1.82) is 0 Å². The average Bonchev–Trinajstić information content (AvgIpc) is 2.55. The summed E-state index contributed by atoms with van der Waals surface area (Å²) in [5, 5.41) is 9.32. The molecule has 0 fully saturated rings. The Balaban J connectivity index is 2.62. The summed E-state index contributed by atoms with van der Waals surface area (Å²) in [6.45, 7) is 3.59. The Bertz CT molecular complexity index is 577. The highest BCUT2D eigenvalue weighted by atomic mass is 32.1. The summed E-state index contributed by atoms with van der Waals surface area (Å²) in [5.74, 6) is -0.120. The van der Waals surface area contributed by atoms with Crippen molar-refractivity contribution in [1.82, 2.24) is 9.97 Å². The molecule has 0 aliphatic carbocycles. The van der Waals surface area contributed by atoms with Gasteiger partial charge in [0.1, 0.15) is 11.5 Å². The van der Waals surface area contributed by atoms with Gasteiger partial charge in [0.25, 0.3) is 5.91 Å². The summed E-state index contributed by atoms with van der Waals surface area (Å²) in [6.07, 6.45) is -0.238. The van der Waals surface area contributed by atoms with E-state index < -0.39 is 12.0 Å². The Hall–Kier alpha value is -1.53. The maximum atomic E-state index is 11.3. The quantitative estimate of drug-likeness (QED) is 0.852. The van der Waals surface area contributed by atoms with Crippen LogP contribution in [0.2, 0.25) is 0 Å². The van der Waals surface area contributed by atoms with Crippen LogP contribution in [0.1, 0.15) is 28.1 Å². The normalized spacial score (nSPS) is 12.9. The molecule has 0 aromatic carbocycles. The Morgan fingerprint density at radius 2 is 2.29 bits per heavy atom. The number of aliphatic hydroxyl groups is 1. The fourth-order valence-corrected chi connectivity index (χ4v) is 2.56. The van der Waals surface area contributed by atoms with E-state index in [1.54, 1.807) is 6.92 Å². The molecular formula is C11H13N3O2S. The highest BCUT2D eigenvalue weighted by Gasteiger charge is 2.15. The molecule has 1 amide bonds. The zero-order valence-electron chi connectivity index (χ0n) is 9.60. The minimum Gasteiger partial charge on any atom is -0.393 e. The Morgan fingerprint density at radius 1 is 1.59 bits per heavy atom. The van der Waals surface area contributed by atoms with Gasteiger partial charge < -0.3 is 10.8 Å². The van der Waals surface area contributed by atoms with Gasteiger partial charge in [-0.2, -0.15) is 0 Å². The zero-order valence-corrected chi connectivity index (χ0v) is 10.4. The molecule has 2 heterocycles. The van der Waals surface area contributed by atoms with Crippen molar-refractivity contribution in [2.24, 2.45) is 5.73 Å². The van der Waals surface area contributed by atoms with Crippen LogP contribution in [0.5, 0.6) is 0 Å². The zero-order chi connectivity index (χ0) is 12.6. The highest BCUT2D eigenvalue weighted by Crippen LogP contribution is 2.26. The van der Waals surface area contributed by atoms with Crippen LogP contribution in [0.25, 0.3) is 10.2 Å². The number of amides is 1. The number of aromatic nitrogens is 2. The Labute approximate surface area is 102 Å². The first-order valence-corrected chi connectivity index (χ1v) is 6.04. The van der Waals surface area contributed by atoms with E-state index in [1.165, 1.54) is 11.3 Å². The molecule has 90 valence electrons. The van der Waals surface area contributed by atoms with Crippen molar-refractivity contribution < 1.29 is 9.90 Å². The molecule has 2 aromatic rings. The SMILES string of the molecule is Cc1cc2nc(C[C@H](C)O)nc(C(N)=O)c2s1. The van der Waals surface area contributed by atoms with Gasteiger partial charge in [-0.1, -0.05) is 0 Å². The molecule has 6 heteroatoms. The molecule has 0 bridgehead atoms. The molecule has 1 atom stereocenters. The number of hydrogen-bond acceptors (Lipinski definition) is 5. The predicted octanol–water partition coefficient (Wildman–Crippen LogP) is 1.02. The number of thiophene rings is 1. The van der Waals surface area contributed by atoms with E-state index >= 15 is 0 Å². The first-order valence-electron chi connectivity index (χ1n) is 5.22. The van der Waals surface area contributed by atoms with Gasteiger partial charge in [0.05, 0.1) is 16.3 Å². The van der Waals surface area contributed by atoms with Crippen LogP contribution in [-0.4, -0.2) is 27.1 Å².